The highest BCUT2D eigenvalue weighted by molar-refractivity contribution is 14.0. The van der Waals surface area contributed by atoms with Gasteiger partial charge >= 0.3 is 0 Å². The van der Waals surface area contributed by atoms with Crippen LogP contribution in [0.4, 0.5) is 0 Å². The molecular weight excluding hydrogens is 379 g/mol. The Hall–Kier alpha value is -1.31. The number of carbonyl (C=O) groups is 1. The smallest absolute Gasteiger partial charge is 0.239 e. The molecular formula is C15H23IN4O. The number of halogens is 1. The molecule has 0 bridgehead atoms. The number of benzene rings is 1. The monoisotopic (exact) mass is 402 g/mol. The van der Waals surface area contributed by atoms with Gasteiger partial charge in [0.25, 0.3) is 0 Å². The SMILES string of the molecule is CN(C)C(=NCc1ccccc1)NCC(=O)NC1CC1.I. The molecule has 6 heteroatoms. The molecule has 1 saturated carbocycles. The van der Waals surface area contributed by atoms with Crippen molar-refractivity contribution in [1.29, 1.82) is 0 Å². The molecule has 1 aromatic rings. The van der Waals surface area contributed by atoms with Crippen molar-refractivity contribution in [3.8, 4) is 0 Å². The highest BCUT2D eigenvalue weighted by Crippen LogP contribution is 2.18. The van der Waals surface area contributed by atoms with E-state index in [0.717, 1.165) is 24.4 Å². The zero-order chi connectivity index (χ0) is 14.4. The summed E-state index contributed by atoms with van der Waals surface area (Å²) in [6.07, 6.45) is 2.21. The van der Waals surface area contributed by atoms with Crippen LogP contribution in [0.5, 0.6) is 0 Å². The molecule has 1 fully saturated rings. The van der Waals surface area contributed by atoms with E-state index in [1.54, 1.807) is 0 Å². The molecule has 2 rings (SSSR count). The van der Waals surface area contributed by atoms with Gasteiger partial charge in [-0.1, -0.05) is 30.3 Å². The zero-order valence-electron chi connectivity index (χ0n) is 12.5. The molecule has 0 atom stereocenters. The van der Waals surface area contributed by atoms with Crippen molar-refractivity contribution in [1.82, 2.24) is 15.5 Å². The van der Waals surface area contributed by atoms with E-state index in [2.05, 4.69) is 15.6 Å². The lowest BCUT2D eigenvalue weighted by molar-refractivity contribution is -0.120. The first-order valence-electron chi connectivity index (χ1n) is 6.94. The summed E-state index contributed by atoms with van der Waals surface area (Å²) in [6.45, 7) is 0.869. The normalized spacial score (nSPS) is 14.1. The second kappa shape index (κ2) is 8.86. The molecule has 0 aliphatic heterocycles. The van der Waals surface area contributed by atoms with Gasteiger partial charge in [0.1, 0.15) is 0 Å². The average molecular weight is 402 g/mol. The fourth-order valence-electron chi connectivity index (χ4n) is 1.77. The second-order valence-corrected chi connectivity index (χ2v) is 5.22. The second-order valence-electron chi connectivity index (χ2n) is 5.22. The Labute approximate surface area is 143 Å². The van der Waals surface area contributed by atoms with E-state index in [-0.39, 0.29) is 36.4 Å². The quantitative estimate of drug-likeness (QED) is 0.447. The lowest BCUT2D eigenvalue weighted by Crippen LogP contribution is -2.43. The van der Waals surface area contributed by atoms with Crippen molar-refractivity contribution in [3.63, 3.8) is 0 Å². The van der Waals surface area contributed by atoms with Gasteiger partial charge in [-0.2, -0.15) is 0 Å². The van der Waals surface area contributed by atoms with Gasteiger partial charge in [0, 0.05) is 20.1 Å². The Morgan fingerprint density at radius 1 is 1.29 bits per heavy atom. The van der Waals surface area contributed by atoms with Crippen molar-refractivity contribution in [2.45, 2.75) is 25.4 Å². The molecule has 21 heavy (non-hydrogen) atoms. The minimum Gasteiger partial charge on any atom is -0.352 e. The third kappa shape index (κ3) is 6.79. The zero-order valence-corrected chi connectivity index (χ0v) is 14.8. The first-order valence-corrected chi connectivity index (χ1v) is 6.94. The number of amides is 1. The molecule has 0 saturated heterocycles. The van der Waals surface area contributed by atoms with Crippen LogP contribution >= 0.6 is 24.0 Å². The largest absolute Gasteiger partial charge is 0.352 e. The van der Waals surface area contributed by atoms with Crippen molar-refractivity contribution in [3.05, 3.63) is 35.9 Å². The molecule has 116 valence electrons. The van der Waals surface area contributed by atoms with E-state index in [4.69, 9.17) is 0 Å². The van der Waals surface area contributed by atoms with E-state index < -0.39 is 0 Å². The third-order valence-corrected chi connectivity index (χ3v) is 3.03. The maximum Gasteiger partial charge on any atom is 0.239 e. The van der Waals surface area contributed by atoms with Crippen LogP contribution in [-0.4, -0.2) is 43.4 Å². The molecule has 5 nitrogen and oxygen atoms in total. The Morgan fingerprint density at radius 3 is 2.52 bits per heavy atom. The van der Waals surface area contributed by atoms with Crippen molar-refractivity contribution in [2.24, 2.45) is 4.99 Å². The Balaban J connectivity index is 0.00000220. The summed E-state index contributed by atoms with van der Waals surface area (Å²) in [5.74, 6) is 0.751. The third-order valence-electron chi connectivity index (χ3n) is 3.03. The van der Waals surface area contributed by atoms with Gasteiger partial charge in [-0.15, -0.1) is 24.0 Å². The molecule has 1 amide bonds. The van der Waals surface area contributed by atoms with E-state index >= 15 is 0 Å². The topological polar surface area (TPSA) is 56.7 Å². The standard InChI is InChI=1S/C15H22N4O.HI/c1-19(2)15(16-10-12-6-4-3-5-7-12)17-11-14(20)18-13-8-9-13;/h3-7,13H,8-11H2,1-2H3,(H,16,17)(H,18,20);1H. The summed E-state index contributed by atoms with van der Waals surface area (Å²) in [5.41, 5.74) is 1.15. The van der Waals surface area contributed by atoms with Crippen LogP contribution < -0.4 is 10.6 Å². The summed E-state index contributed by atoms with van der Waals surface area (Å²) >= 11 is 0. The Kier molecular flexibility index (Phi) is 7.49. The minimum atomic E-state index is 0. The van der Waals surface area contributed by atoms with Crippen LogP contribution in [0.3, 0.4) is 0 Å². The highest BCUT2D eigenvalue weighted by Gasteiger charge is 2.23. The first-order chi connectivity index (χ1) is 9.65. The predicted molar refractivity (Wildman–Crippen MR) is 95.9 cm³/mol. The number of nitrogens with one attached hydrogen (secondary N) is 2. The molecule has 1 aliphatic rings. The lowest BCUT2D eigenvalue weighted by Gasteiger charge is -2.17. The fourth-order valence-corrected chi connectivity index (χ4v) is 1.77. The molecule has 0 unspecified atom stereocenters. The molecule has 0 spiro atoms. The van der Waals surface area contributed by atoms with Crippen LogP contribution in [0.1, 0.15) is 18.4 Å². The maximum absolute atomic E-state index is 11.6. The fraction of sp³-hybridized carbons (Fsp3) is 0.467. The molecule has 0 aromatic heterocycles. The van der Waals surface area contributed by atoms with Crippen molar-refractivity contribution >= 4 is 35.8 Å². The number of carbonyl (C=O) groups excluding carboxylic acids is 1. The van der Waals surface area contributed by atoms with Crippen LogP contribution in [0.2, 0.25) is 0 Å². The summed E-state index contributed by atoms with van der Waals surface area (Å²) in [6, 6.07) is 10.5. The summed E-state index contributed by atoms with van der Waals surface area (Å²) in [7, 11) is 3.82. The number of rotatable bonds is 5. The molecule has 1 aromatic carbocycles. The number of hydrogen-bond donors (Lipinski definition) is 2. The number of nitrogens with zero attached hydrogens (tertiary/aromatic N) is 2. The highest BCUT2D eigenvalue weighted by atomic mass is 127. The van der Waals surface area contributed by atoms with E-state index in [0.29, 0.717) is 12.6 Å². The van der Waals surface area contributed by atoms with Gasteiger partial charge in [0.15, 0.2) is 5.96 Å². The number of hydrogen-bond acceptors (Lipinski definition) is 2. The molecule has 0 radical (unpaired) electrons. The average Bonchev–Trinajstić information content (AvgIpc) is 3.23. The van der Waals surface area contributed by atoms with Gasteiger partial charge < -0.3 is 15.5 Å². The first kappa shape index (κ1) is 17.7. The molecule has 0 heterocycles. The maximum atomic E-state index is 11.6. The van der Waals surface area contributed by atoms with Gasteiger partial charge in [-0.3, -0.25) is 4.79 Å². The van der Waals surface area contributed by atoms with Gasteiger partial charge in [0.2, 0.25) is 5.91 Å². The Morgan fingerprint density at radius 2 is 1.95 bits per heavy atom. The van der Waals surface area contributed by atoms with Gasteiger partial charge in [-0.25, -0.2) is 4.99 Å². The van der Waals surface area contributed by atoms with Crippen LogP contribution in [0, 0.1) is 0 Å². The van der Waals surface area contributed by atoms with E-state index in [1.807, 2.05) is 49.3 Å². The summed E-state index contributed by atoms with van der Waals surface area (Å²) < 4.78 is 0. The van der Waals surface area contributed by atoms with Crippen molar-refractivity contribution < 1.29 is 4.79 Å². The van der Waals surface area contributed by atoms with Crippen LogP contribution in [-0.2, 0) is 11.3 Å². The molecule has 1 aliphatic carbocycles. The van der Waals surface area contributed by atoms with Gasteiger partial charge in [-0.05, 0) is 18.4 Å². The predicted octanol–water partition coefficient (Wildman–Crippen LogP) is 1.59. The number of aliphatic imine (C=N–C) groups is 1. The van der Waals surface area contributed by atoms with Crippen LogP contribution in [0.15, 0.2) is 35.3 Å². The number of guanidine groups is 1. The van der Waals surface area contributed by atoms with Crippen molar-refractivity contribution in [2.75, 3.05) is 20.6 Å². The minimum absolute atomic E-state index is 0. The lowest BCUT2D eigenvalue weighted by atomic mass is 10.2. The van der Waals surface area contributed by atoms with E-state index in [9.17, 15) is 4.79 Å². The van der Waals surface area contributed by atoms with Crippen LogP contribution in [0.25, 0.3) is 0 Å². The van der Waals surface area contributed by atoms with E-state index in [1.165, 1.54) is 0 Å². The Bertz CT molecular complexity index is 472. The summed E-state index contributed by atoms with van der Waals surface area (Å²) in [4.78, 5) is 18.0. The summed E-state index contributed by atoms with van der Waals surface area (Å²) in [5, 5.41) is 6.03. The molecule has 2 N–H and O–H groups in total. The van der Waals surface area contributed by atoms with Gasteiger partial charge in [0.05, 0.1) is 13.1 Å².